The molecule has 2 saturated heterocycles. The van der Waals surface area contributed by atoms with Gasteiger partial charge in [0.25, 0.3) is 0 Å². The molecule has 2 aliphatic rings. The fourth-order valence-electron chi connectivity index (χ4n) is 5.18. The maximum atomic E-state index is 12.3. The molecular weight excluding hydrogens is 506 g/mol. The minimum absolute atomic E-state index is 0.0165. The Hall–Kier alpha value is -3.27. The predicted octanol–water partition coefficient (Wildman–Crippen LogP) is 4.30. The number of urea groups is 1. The van der Waals surface area contributed by atoms with Crippen molar-refractivity contribution >= 4 is 6.03 Å². The van der Waals surface area contributed by atoms with E-state index >= 15 is 0 Å². The Morgan fingerprint density at radius 2 is 1.43 bits per heavy atom. The number of morpholine rings is 1. The molecule has 8 heteroatoms. The van der Waals surface area contributed by atoms with Crippen LogP contribution >= 0.6 is 0 Å². The Morgan fingerprint density at radius 1 is 0.825 bits per heavy atom. The van der Waals surface area contributed by atoms with Gasteiger partial charge in [0, 0.05) is 44.2 Å². The number of benzene rings is 3. The van der Waals surface area contributed by atoms with Crippen molar-refractivity contribution < 1.29 is 24.1 Å². The van der Waals surface area contributed by atoms with Crippen LogP contribution in [0.5, 0.6) is 0 Å². The lowest BCUT2D eigenvalue weighted by Crippen LogP contribution is -2.47. The Kier molecular flexibility index (Phi) is 9.81. The number of hydrogen-bond donors (Lipinski definition) is 3. The van der Waals surface area contributed by atoms with Crippen LogP contribution in [0.25, 0.3) is 0 Å². The summed E-state index contributed by atoms with van der Waals surface area (Å²) in [5, 5.41) is 15.3. The number of rotatable bonds is 9. The predicted molar refractivity (Wildman–Crippen MR) is 152 cm³/mol. The van der Waals surface area contributed by atoms with Gasteiger partial charge in [-0.1, -0.05) is 85.8 Å². The number of nitrogens with zero attached hydrogens (tertiary/aromatic N) is 1. The SMILES string of the molecule is C[C@H]1[C@@H](CN2CCOCC2)O[C@@H](c2ccc(CNC(=O)NCc3ccccc3)cc2)O[C@H]1c1ccc(CO)cc1. The van der Waals surface area contributed by atoms with Crippen molar-refractivity contribution in [1.82, 2.24) is 15.5 Å². The third-order valence-corrected chi connectivity index (χ3v) is 7.67. The molecule has 3 aromatic rings. The molecule has 2 heterocycles. The number of nitrogens with one attached hydrogen (secondary N) is 2. The molecule has 8 nitrogen and oxygen atoms in total. The molecule has 3 aromatic carbocycles. The summed E-state index contributed by atoms with van der Waals surface area (Å²) < 4.78 is 18.7. The van der Waals surface area contributed by atoms with E-state index in [1.54, 1.807) is 0 Å². The first-order valence-electron chi connectivity index (χ1n) is 14.0. The van der Waals surface area contributed by atoms with Gasteiger partial charge in [0.1, 0.15) is 0 Å². The highest BCUT2D eigenvalue weighted by atomic mass is 16.7. The second kappa shape index (κ2) is 13.9. The second-order valence-corrected chi connectivity index (χ2v) is 10.5. The van der Waals surface area contributed by atoms with E-state index in [0.29, 0.717) is 13.1 Å². The van der Waals surface area contributed by atoms with Gasteiger partial charge in [0.2, 0.25) is 0 Å². The molecule has 0 spiro atoms. The first-order chi connectivity index (χ1) is 19.6. The van der Waals surface area contributed by atoms with Crippen LogP contribution in [0.4, 0.5) is 4.79 Å². The lowest BCUT2D eigenvalue weighted by atomic mass is 9.90. The summed E-state index contributed by atoms with van der Waals surface area (Å²) in [6, 6.07) is 25.6. The summed E-state index contributed by atoms with van der Waals surface area (Å²) >= 11 is 0. The number of ether oxygens (including phenoxy) is 3. The van der Waals surface area contributed by atoms with Gasteiger partial charge in [-0.3, -0.25) is 4.90 Å². The maximum absolute atomic E-state index is 12.3. The zero-order chi connectivity index (χ0) is 27.7. The smallest absolute Gasteiger partial charge is 0.315 e. The van der Waals surface area contributed by atoms with Gasteiger partial charge in [-0.15, -0.1) is 0 Å². The fraction of sp³-hybridized carbons (Fsp3) is 0.406. The van der Waals surface area contributed by atoms with Crippen LogP contribution in [0.3, 0.4) is 0 Å². The van der Waals surface area contributed by atoms with Crippen molar-refractivity contribution in [3.63, 3.8) is 0 Å². The van der Waals surface area contributed by atoms with Gasteiger partial charge in [0.15, 0.2) is 6.29 Å². The first-order valence-corrected chi connectivity index (χ1v) is 14.0. The van der Waals surface area contributed by atoms with E-state index in [9.17, 15) is 9.90 Å². The monoisotopic (exact) mass is 545 g/mol. The average molecular weight is 546 g/mol. The summed E-state index contributed by atoms with van der Waals surface area (Å²) in [4.78, 5) is 14.7. The highest BCUT2D eigenvalue weighted by Gasteiger charge is 2.39. The van der Waals surface area contributed by atoms with Crippen LogP contribution < -0.4 is 10.6 Å². The number of amides is 2. The van der Waals surface area contributed by atoms with Crippen molar-refractivity contribution in [3.05, 3.63) is 107 Å². The van der Waals surface area contributed by atoms with Gasteiger partial charge in [0.05, 0.1) is 32.0 Å². The number of carbonyl (C=O) groups excluding carboxylic acids is 1. The van der Waals surface area contributed by atoms with Crippen molar-refractivity contribution in [1.29, 1.82) is 0 Å². The van der Waals surface area contributed by atoms with Crippen molar-refractivity contribution in [3.8, 4) is 0 Å². The number of carbonyl (C=O) groups is 1. The van der Waals surface area contributed by atoms with E-state index in [0.717, 1.165) is 60.7 Å². The first kappa shape index (κ1) is 28.3. The van der Waals surface area contributed by atoms with E-state index in [2.05, 4.69) is 22.5 Å². The Morgan fingerprint density at radius 3 is 2.08 bits per heavy atom. The minimum atomic E-state index is -0.513. The third kappa shape index (κ3) is 7.47. The lowest BCUT2D eigenvalue weighted by Gasteiger charge is -2.43. The number of hydrogen-bond acceptors (Lipinski definition) is 6. The molecule has 0 radical (unpaired) electrons. The van der Waals surface area contributed by atoms with Gasteiger partial charge in [-0.25, -0.2) is 4.79 Å². The topological polar surface area (TPSA) is 92.3 Å². The number of aliphatic hydroxyl groups is 1. The molecule has 4 atom stereocenters. The van der Waals surface area contributed by atoms with Crippen LogP contribution in [0, 0.1) is 5.92 Å². The molecule has 3 N–H and O–H groups in total. The van der Waals surface area contributed by atoms with Gasteiger partial charge in [-0.2, -0.15) is 0 Å². The normalized spacial score (nSPS) is 23.4. The van der Waals surface area contributed by atoms with Crippen LogP contribution in [0.1, 0.15) is 47.1 Å². The standard InChI is InChI=1S/C32H39N3O5/c1-23-29(21-35-15-17-38-18-16-35)39-31(40-30(23)27-11-9-26(22-36)10-12-27)28-13-7-25(8-14-28)20-34-32(37)33-19-24-5-3-2-4-6-24/h2-14,23,29-31,36H,15-22H2,1H3,(H2,33,34,37)/t23-,29+,30+,31+/m0/s1. The minimum Gasteiger partial charge on any atom is -0.392 e. The molecule has 0 aromatic heterocycles. The number of aliphatic hydroxyl groups excluding tert-OH is 1. The molecule has 0 unspecified atom stereocenters. The van der Waals surface area contributed by atoms with E-state index in [1.165, 1.54) is 0 Å². The van der Waals surface area contributed by atoms with Crippen molar-refractivity contribution in [2.45, 2.75) is 45.1 Å². The summed E-state index contributed by atoms with van der Waals surface area (Å²) in [6.45, 7) is 7.20. The molecule has 0 aliphatic carbocycles. The van der Waals surface area contributed by atoms with Crippen molar-refractivity contribution in [2.24, 2.45) is 5.92 Å². The molecule has 0 saturated carbocycles. The third-order valence-electron chi connectivity index (χ3n) is 7.67. The van der Waals surface area contributed by atoms with Gasteiger partial charge in [-0.05, 0) is 22.3 Å². The summed E-state index contributed by atoms with van der Waals surface area (Å²) in [7, 11) is 0. The van der Waals surface area contributed by atoms with Crippen LogP contribution in [-0.4, -0.2) is 55.0 Å². The van der Waals surface area contributed by atoms with Crippen LogP contribution in [-0.2, 0) is 33.9 Å². The molecule has 5 rings (SSSR count). The van der Waals surface area contributed by atoms with E-state index < -0.39 is 6.29 Å². The lowest BCUT2D eigenvalue weighted by molar-refractivity contribution is -0.277. The van der Waals surface area contributed by atoms with E-state index in [1.807, 2.05) is 78.9 Å². The van der Waals surface area contributed by atoms with E-state index in [-0.39, 0.29) is 30.8 Å². The largest absolute Gasteiger partial charge is 0.392 e. The molecular formula is C32H39N3O5. The summed E-state index contributed by atoms with van der Waals surface area (Å²) in [6.07, 6.45) is -0.679. The zero-order valence-corrected chi connectivity index (χ0v) is 23.0. The second-order valence-electron chi connectivity index (χ2n) is 10.5. The highest BCUT2D eigenvalue weighted by Crippen LogP contribution is 2.41. The van der Waals surface area contributed by atoms with Gasteiger partial charge < -0.3 is 30.0 Å². The Labute approximate surface area is 236 Å². The summed E-state index contributed by atoms with van der Waals surface area (Å²) in [5.74, 6) is 0.136. The molecule has 40 heavy (non-hydrogen) atoms. The maximum Gasteiger partial charge on any atom is 0.315 e. The zero-order valence-electron chi connectivity index (χ0n) is 23.0. The average Bonchev–Trinajstić information content (AvgIpc) is 3.01. The van der Waals surface area contributed by atoms with Gasteiger partial charge >= 0.3 is 6.03 Å². The molecule has 0 bridgehead atoms. The summed E-state index contributed by atoms with van der Waals surface area (Å²) in [5.41, 5.74) is 4.94. The highest BCUT2D eigenvalue weighted by molar-refractivity contribution is 5.73. The molecule has 212 valence electrons. The van der Waals surface area contributed by atoms with Crippen LogP contribution in [0.15, 0.2) is 78.9 Å². The molecule has 2 amide bonds. The van der Waals surface area contributed by atoms with E-state index in [4.69, 9.17) is 14.2 Å². The quantitative estimate of drug-likeness (QED) is 0.371. The Balaban J connectivity index is 1.23. The van der Waals surface area contributed by atoms with Crippen molar-refractivity contribution in [2.75, 3.05) is 32.8 Å². The molecule has 2 aliphatic heterocycles. The Bertz CT molecular complexity index is 1200. The molecule has 2 fully saturated rings. The van der Waals surface area contributed by atoms with Crippen LogP contribution in [0.2, 0.25) is 0 Å². The fourth-order valence-corrected chi connectivity index (χ4v) is 5.18.